The first-order valence-corrected chi connectivity index (χ1v) is 12.9. The van der Waals surface area contributed by atoms with E-state index in [1.807, 2.05) is 32.0 Å². The van der Waals surface area contributed by atoms with E-state index < -0.39 is 16.1 Å². The van der Waals surface area contributed by atoms with Crippen LogP contribution in [0.2, 0.25) is 5.02 Å². The van der Waals surface area contributed by atoms with Gasteiger partial charge in [-0.3, -0.25) is 4.79 Å². The number of ketones is 1. The molecule has 7 nitrogen and oxygen atoms in total. The fourth-order valence-corrected chi connectivity index (χ4v) is 5.09. The summed E-state index contributed by atoms with van der Waals surface area (Å²) in [6, 6.07) is 12.7. The van der Waals surface area contributed by atoms with Crippen molar-refractivity contribution in [1.82, 2.24) is 4.31 Å². The predicted octanol–water partition coefficient (Wildman–Crippen LogP) is 5.08. The topological polar surface area (TPSA) is 101 Å². The van der Waals surface area contributed by atoms with E-state index in [1.54, 1.807) is 6.07 Å². The van der Waals surface area contributed by atoms with Crippen molar-refractivity contribution < 1.29 is 27.9 Å². The molecule has 2 aromatic rings. The quantitative estimate of drug-likeness (QED) is 0.483. The first-order valence-electron chi connectivity index (χ1n) is 11.0. The molecule has 1 aliphatic carbocycles. The van der Waals surface area contributed by atoms with Crippen molar-refractivity contribution >= 4 is 33.5 Å². The second-order valence-corrected chi connectivity index (χ2v) is 10.9. The average molecular weight is 506 g/mol. The zero-order valence-electron chi connectivity index (χ0n) is 19.2. The minimum Gasteiger partial charge on any atom is -0.497 e. The van der Waals surface area contributed by atoms with Crippen molar-refractivity contribution in [3.05, 3.63) is 76.0 Å². The highest BCUT2D eigenvalue weighted by molar-refractivity contribution is 7.89. The molecule has 9 heteroatoms. The Morgan fingerprint density at radius 1 is 1.12 bits per heavy atom. The van der Waals surface area contributed by atoms with Gasteiger partial charge >= 0.3 is 6.09 Å². The van der Waals surface area contributed by atoms with E-state index in [9.17, 15) is 23.1 Å². The van der Waals surface area contributed by atoms with Gasteiger partial charge in [0, 0.05) is 36.4 Å². The number of benzene rings is 2. The zero-order valence-corrected chi connectivity index (χ0v) is 20.7. The minimum absolute atomic E-state index is 0.0790. The molecule has 0 bridgehead atoms. The predicted molar refractivity (Wildman–Crippen MR) is 129 cm³/mol. The highest BCUT2D eigenvalue weighted by atomic mass is 35.5. The molecule has 1 N–H and O–H groups in total. The Morgan fingerprint density at radius 2 is 1.79 bits per heavy atom. The molecular weight excluding hydrogens is 478 g/mol. The van der Waals surface area contributed by atoms with Crippen molar-refractivity contribution in [2.75, 3.05) is 13.2 Å². The number of rotatable bonds is 10. The summed E-state index contributed by atoms with van der Waals surface area (Å²) >= 11 is 5.81. The Hall–Kier alpha value is -2.84. The van der Waals surface area contributed by atoms with Gasteiger partial charge in [0.15, 0.2) is 5.78 Å². The fraction of sp³-hybridized carbons (Fsp3) is 0.360. The molecule has 1 amide bonds. The summed E-state index contributed by atoms with van der Waals surface area (Å²) < 4.78 is 31.9. The first kappa shape index (κ1) is 25.8. The fourth-order valence-electron chi connectivity index (χ4n) is 3.69. The third-order valence-electron chi connectivity index (χ3n) is 5.43. The number of carboxylic acid groups (broad SMARTS) is 1. The molecule has 0 radical (unpaired) electrons. The van der Waals surface area contributed by atoms with E-state index in [-0.39, 0.29) is 23.6 Å². The van der Waals surface area contributed by atoms with Crippen LogP contribution in [0.4, 0.5) is 4.79 Å². The second-order valence-electron chi connectivity index (χ2n) is 8.59. The normalized spacial score (nSPS) is 14.1. The van der Waals surface area contributed by atoms with Crippen LogP contribution in [0.5, 0.6) is 0 Å². The van der Waals surface area contributed by atoms with Crippen LogP contribution in [0, 0.1) is 5.92 Å². The van der Waals surface area contributed by atoms with Crippen molar-refractivity contribution in [2.24, 2.45) is 5.92 Å². The van der Waals surface area contributed by atoms with Crippen LogP contribution in [0.3, 0.4) is 0 Å². The number of hydrogen-bond donors (Lipinski definition) is 1. The monoisotopic (exact) mass is 505 g/mol. The number of nitrogens with zero attached hydrogens (tertiary/aromatic N) is 1. The molecule has 0 fully saturated rings. The van der Waals surface area contributed by atoms with Crippen molar-refractivity contribution in [1.29, 1.82) is 0 Å². The lowest BCUT2D eigenvalue weighted by Crippen LogP contribution is -2.37. The lowest BCUT2D eigenvalue weighted by molar-refractivity contribution is -0.115. The second kappa shape index (κ2) is 11.1. The Morgan fingerprint density at radius 3 is 2.44 bits per heavy atom. The van der Waals surface area contributed by atoms with E-state index in [0.717, 1.165) is 16.9 Å². The summed E-state index contributed by atoms with van der Waals surface area (Å²) in [7, 11) is -4.24. The number of hydrogen-bond acceptors (Lipinski definition) is 5. The number of amides is 1. The molecule has 0 aromatic heterocycles. The maximum Gasteiger partial charge on any atom is 0.421 e. The molecule has 34 heavy (non-hydrogen) atoms. The van der Waals surface area contributed by atoms with Gasteiger partial charge < -0.3 is 9.84 Å². The van der Waals surface area contributed by atoms with Gasteiger partial charge in [0.25, 0.3) is 10.0 Å². The number of Topliss-reactive ketones (excluding diaryl/α,β-unsaturated/α-hetero) is 1. The highest BCUT2D eigenvalue weighted by Gasteiger charge is 2.29. The molecule has 0 aliphatic heterocycles. The molecule has 182 valence electrons. The van der Waals surface area contributed by atoms with Crippen LogP contribution in [0.15, 0.2) is 64.8 Å². The summed E-state index contributed by atoms with van der Waals surface area (Å²) in [6.45, 7) is 4.41. The number of halogens is 1. The lowest BCUT2D eigenvalue weighted by Gasteiger charge is -2.19. The molecule has 0 atom stereocenters. The minimum atomic E-state index is -4.24. The SMILES string of the molecule is CC(C)COC1=C(Cc2cccc(CCN(C(=O)O)S(=O)(=O)c3ccc(Cl)cc3)c2)C(=O)CC1. The molecule has 3 rings (SSSR count). The molecule has 0 saturated carbocycles. The number of carbonyl (C=O) groups excluding carboxylic acids is 1. The van der Waals surface area contributed by atoms with Crippen molar-refractivity contribution in [3.8, 4) is 0 Å². The summed E-state index contributed by atoms with van der Waals surface area (Å²) in [6.07, 6.45) is 0.109. The van der Waals surface area contributed by atoms with Gasteiger partial charge in [0.1, 0.15) is 5.76 Å². The van der Waals surface area contributed by atoms with Gasteiger partial charge in [-0.25, -0.2) is 17.5 Å². The van der Waals surface area contributed by atoms with Gasteiger partial charge in [-0.2, -0.15) is 0 Å². The van der Waals surface area contributed by atoms with Crippen LogP contribution < -0.4 is 0 Å². The molecule has 0 heterocycles. The van der Waals surface area contributed by atoms with Gasteiger partial charge in [0.2, 0.25) is 0 Å². The Labute approximate surface area is 205 Å². The molecule has 2 aromatic carbocycles. The largest absolute Gasteiger partial charge is 0.497 e. The van der Waals surface area contributed by atoms with Gasteiger partial charge in [-0.15, -0.1) is 0 Å². The van der Waals surface area contributed by atoms with Crippen LogP contribution in [0.25, 0.3) is 0 Å². The first-order chi connectivity index (χ1) is 16.1. The Balaban J connectivity index is 1.74. The summed E-state index contributed by atoms with van der Waals surface area (Å²) in [5.41, 5.74) is 2.33. The van der Waals surface area contributed by atoms with Crippen molar-refractivity contribution in [2.45, 2.75) is 44.4 Å². The summed E-state index contributed by atoms with van der Waals surface area (Å²) in [4.78, 5) is 24.0. The molecule has 0 saturated heterocycles. The van der Waals surface area contributed by atoms with E-state index >= 15 is 0 Å². The smallest absolute Gasteiger partial charge is 0.421 e. The van der Waals surface area contributed by atoms with Gasteiger partial charge in [-0.1, -0.05) is 49.7 Å². The number of sulfonamides is 1. The summed E-state index contributed by atoms with van der Waals surface area (Å²) in [5.74, 6) is 1.18. The van der Waals surface area contributed by atoms with E-state index in [1.165, 1.54) is 24.3 Å². The van der Waals surface area contributed by atoms with Crippen LogP contribution >= 0.6 is 11.6 Å². The number of ether oxygens (including phenoxy) is 1. The number of carbonyl (C=O) groups is 2. The average Bonchev–Trinajstić information content (AvgIpc) is 3.12. The van der Waals surface area contributed by atoms with Crippen LogP contribution in [0.1, 0.15) is 37.8 Å². The molecule has 0 spiro atoms. The van der Waals surface area contributed by atoms with Crippen LogP contribution in [-0.2, 0) is 32.4 Å². The van der Waals surface area contributed by atoms with E-state index in [0.29, 0.717) is 46.7 Å². The number of allylic oxidation sites excluding steroid dienone is 2. The summed E-state index contributed by atoms with van der Waals surface area (Å²) in [5, 5.41) is 9.91. The molecule has 0 unspecified atom stereocenters. The Bertz CT molecular complexity index is 1190. The maximum atomic E-state index is 12.8. The molecule has 1 aliphatic rings. The third-order valence-corrected chi connectivity index (χ3v) is 7.47. The molecular formula is C25H28ClNO6S. The van der Waals surface area contributed by atoms with E-state index in [2.05, 4.69) is 0 Å². The standard InChI is InChI=1S/C25H28ClNO6S/c1-17(2)16-33-24-11-10-23(28)22(24)15-19-5-3-4-18(14-19)12-13-27(25(29)30)34(31,32)21-8-6-20(26)7-9-21/h3-9,14,17H,10-13,15-16H2,1-2H3,(H,29,30). The highest BCUT2D eigenvalue weighted by Crippen LogP contribution is 2.28. The lowest BCUT2D eigenvalue weighted by atomic mass is 10.0. The van der Waals surface area contributed by atoms with Crippen molar-refractivity contribution in [3.63, 3.8) is 0 Å². The third kappa shape index (κ3) is 6.39. The Kier molecular flexibility index (Phi) is 8.38. The van der Waals surface area contributed by atoms with E-state index in [4.69, 9.17) is 16.3 Å². The van der Waals surface area contributed by atoms with Gasteiger partial charge in [-0.05, 0) is 47.7 Å². The zero-order chi connectivity index (χ0) is 24.9. The maximum absolute atomic E-state index is 12.8. The van der Waals surface area contributed by atoms with Gasteiger partial charge in [0.05, 0.1) is 11.5 Å². The van der Waals surface area contributed by atoms with Crippen LogP contribution in [-0.4, -0.2) is 42.9 Å².